The van der Waals surface area contributed by atoms with Gasteiger partial charge in [0.1, 0.15) is 5.75 Å². The molecule has 4 nitrogen and oxygen atoms in total. The second-order valence-electron chi connectivity index (χ2n) is 7.83. The van der Waals surface area contributed by atoms with Crippen molar-refractivity contribution in [3.05, 3.63) is 77.9 Å². The van der Waals surface area contributed by atoms with E-state index in [4.69, 9.17) is 14.2 Å². The van der Waals surface area contributed by atoms with Gasteiger partial charge in [0.15, 0.2) is 0 Å². The molecule has 1 N–H and O–H groups in total. The van der Waals surface area contributed by atoms with Crippen molar-refractivity contribution in [1.82, 2.24) is 0 Å². The summed E-state index contributed by atoms with van der Waals surface area (Å²) in [5.41, 5.74) is 2.32. The van der Waals surface area contributed by atoms with E-state index in [2.05, 4.69) is 25.1 Å². The summed E-state index contributed by atoms with van der Waals surface area (Å²) in [6.07, 6.45) is 9.27. The summed E-state index contributed by atoms with van der Waals surface area (Å²) in [5, 5.41) is 10.3. The fourth-order valence-corrected chi connectivity index (χ4v) is 3.36. The lowest BCUT2D eigenvalue weighted by atomic mass is 10.1. The van der Waals surface area contributed by atoms with Crippen molar-refractivity contribution < 1.29 is 19.3 Å². The van der Waals surface area contributed by atoms with E-state index in [1.165, 1.54) is 5.56 Å². The van der Waals surface area contributed by atoms with E-state index in [0.717, 1.165) is 50.0 Å². The molecule has 2 rings (SSSR count). The molecule has 4 heteroatoms. The van der Waals surface area contributed by atoms with E-state index in [0.29, 0.717) is 19.6 Å². The maximum absolute atomic E-state index is 10.3. The molecule has 0 aliphatic heterocycles. The molecule has 0 heterocycles. The first-order valence-electron chi connectivity index (χ1n) is 11.4. The maximum atomic E-state index is 10.3. The number of unbranched alkanes of at least 4 members (excludes halogenated alkanes) is 2. The summed E-state index contributed by atoms with van der Waals surface area (Å²) in [7, 11) is 1.67. The fourth-order valence-electron chi connectivity index (χ4n) is 3.36. The molecule has 170 valence electrons. The molecule has 0 unspecified atom stereocenters. The van der Waals surface area contributed by atoms with Gasteiger partial charge in [0.05, 0.1) is 32.5 Å². The van der Waals surface area contributed by atoms with Gasteiger partial charge < -0.3 is 19.3 Å². The van der Waals surface area contributed by atoms with Gasteiger partial charge in [0, 0.05) is 13.0 Å². The van der Waals surface area contributed by atoms with Crippen LogP contribution in [0.4, 0.5) is 0 Å². The smallest absolute Gasteiger partial charge is 0.118 e. The summed E-state index contributed by atoms with van der Waals surface area (Å²) in [5.74, 6) is 0.862. The van der Waals surface area contributed by atoms with Crippen LogP contribution in [0.2, 0.25) is 0 Å². The Balaban J connectivity index is 1.55. The van der Waals surface area contributed by atoms with Crippen LogP contribution in [0.15, 0.2) is 66.7 Å². The molecule has 0 spiro atoms. The van der Waals surface area contributed by atoms with E-state index in [-0.39, 0.29) is 6.10 Å². The summed E-state index contributed by atoms with van der Waals surface area (Å²) in [6, 6.07) is 18.1. The van der Waals surface area contributed by atoms with Gasteiger partial charge in [-0.15, -0.1) is 0 Å². The maximum Gasteiger partial charge on any atom is 0.118 e. The van der Waals surface area contributed by atoms with Crippen molar-refractivity contribution in [2.45, 2.75) is 70.9 Å². The van der Waals surface area contributed by atoms with Crippen molar-refractivity contribution in [3.8, 4) is 5.75 Å². The fraction of sp³-hybridized carbons (Fsp3) is 0.481. The second-order valence-corrected chi connectivity index (χ2v) is 7.83. The number of methoxy groups -OCH3 is 1. The predicted octanol–water partition coefficient (Wildman–Crippen LogP) is 6.07. The standard InChI is InChI=1S/C27H38O4/c1-3-11-27(31-22-23-12-7-6-8-13-23)20-25(28)14-9-4-5-10-19-30-21-24-15-17-26(29-2)18-16-24/h6-9,12-18,25,27-28H,3-5,10-11,19-22H2,1-2H3/b14-9+/t25-,27-/m1/s1. The van der Waals surface area contributed by atoms with Gasteiger partial charge in [0.2, 0.25) is 0 Å². The lowest BCUT2D eigenvalue weighted by Gasteiger charge is -2.19. The molecule has 0 aliphatic carbocycles. The summed E-state index contributed by atoms with van der Waals surface area (Å²) in [4.78, 5) is 0. The van der Waals surface area contributed by atoms with E-state index >= 15 is 0 Å². The third-order valence-corrected chi connectivity index (χ3v) is 5.14. The zero-order valence-electron chi connectivity index (χ0n) is 19.0. The van der Waals surface area contributed by atoms with Crippen LogP contribution in [0.3, 0.4) is 0 Å². The Morgan fingerprint density at radius 3 is 2.39 bits per heavy atom. The summed E-state index contributed by atoms with van der Waals surface area (Å²) in [6.45, 7) is 4.12. The average molecular weight is 427 g/mol. The van der Waals surface area contributed by atoms with Crippen molar-refractivity contribution in [2.75, 3.05) is 13.7 Å². The molecule has 0 saturated carbocycles. The molecule has 2 atom stereocenters. The number of rotatable bonds is 16. The minimum absolute atomic E-state index is 0.0798. The van der Waals surface area contributed by atoms with Crippen molar-refractivity contribution in [3.63, 3.8) is 0 Å². The molecular weight excluding hydrogens is 388 g/mol. The van der Waals surface area contributed by atoms with Crippen LogP contribution in [-0.2, 0) is 22.7 Å². The molecule has 0 radical (unpaired) electrons. The molecule has 31 heavy (non-hydrogen) atoms. The first-order chi connectivity index (χ1) is 15.2. The van der Waals surface area contributed by atoms with Crippen LogP contribution in [0.1, 0.15) is 56.6 Å². The Labute approximate surface area is 187 Å². The highest BCUT2D eigenvalue weighted by molar-refractivity contribution is 5.26. The quantitative estimate of drug-likeness (QED) is 0.261. The SMILES string of the molecule is CCC[C@H](C[C@H](O)/C=C/CCCCOCc1ccc(OC)cc1)OCc1ccccc1. The molecule has 0 aliphatic rings. The Kier molecular flexibility index (Phi) is 12.7. The van der Waals surface area contributed by atoms with Crippen LogP contribution in [0, 0.1) is 0 Å². The lowest BCUT2D eigenvalue weighted by Crippen LogP contribution is -2.19. The predicted molar refractivity (Wildman–Crippen MR) is 126 cm³/mol. The van der Waals surface area contributed by atoms with E-state index in [1.54, 1.807) is 7.11 Å². The van der Waals surface area contributed by atoms with Crippen LogP contribution >= 0.6 is 0 Å². The van der Waals surface area contributed by atoms with Gasteiger partial charge in [-0.05, 0) is 48.9 Å². The number of aliphatic hydroxyl groups excluding tert-OH is 1. The molecular formula is C27H38O4. The van der Waals surface area contributed by atoms with Gasteiger partial charge in [-0.25, -0.2) is 0 Å². The normalized spacial score (nSPS) is 13.4. The molecule has 2 aromatic carbocycles. The number of allylic oxidation sites excluding steroid dienone is 1. The Hall–Kier alpha value is -2.14. The van der Waals surface area contributed by atoms with Crippen molar-refractivity contribution >= 4 is 0 Å². The highest BCUT2D eigenvalue weighted by atomic mass is 16.5. The summed E-state index contributed by atoms with van der Waals surface area (Å²) >= 11 is 0. The zero-order valence-corrected chi connectivity index (χ0v) is 19.0. The Morgan fingerprint density at radius 2 is 1.68 bits per heavy atom. The Bertz CT molecular complexity index is 712. The van der Waals surface area contributed by atoms with E-state index in [1.807, 2.05) is 48.5 Å². The van der Waals surface area contributed by atoms with Gasteiger partial charge in [-0.1, -0.05) is 68.0 Å². The zero-order chi connectivity index (χ0) is 22.2. The molecule has 2 aromatic rings. The van der Waals surface area contributed by atoms with Gasteiger partial charge in [-0.2, -0.15) is 0 Å². The van der Waals surface area contributed by atoms with Crippen LogP contribution in [-0.4, -0.2) is 31.0 Å². The van der Waals surface area contributed by atoms with Crippen molar-refractivity contribution in [1.29, 1.82) is 0 Å². The van der Waals surface area contributed by atoms with Crippen LogP contribution in [0.5, 0.6) is 5.75 Å². The van der Waals surface area contributed by atoms with Crippen molar-refractivity contribution in [2.24, 2.45) is 0 Å². The van der Waals surface area contributed by atoms with E-state index < -0.39 is 6.10 Å². The number of hydrogen-bond donors (Lipinski definition) is 1. The third-order valence-electron chi connectivity index (χ3n) is 5.14. The lowest BCUT2D eigenvalue weighted by molar-refractivity contribution is 0.00785. The summed E-state index contributed by atoms with van der Waals surface area (Å²) < 4.78 is 16.9. The molecule has 0 aromatic heterocycles. The number of aliphatic hydroxyl groups is 1. The number of benzene rings is 2. The highest BCUT2D eigenvalue weighted by Crippen LogP contribution is 2.15. The number of ether oxygens (including phenoxy) is 3. The monoisotopic (exact) mass is 426 g/mol. The van der Waals surface area contributed by atoms with Crippen LogP contribution < -0.4 is 4.74 Å². The largest absolute Gasteiger partial charge is 0.497 e. The topological polar surface area (TPSA) is 47.9 Å². The van der Waals surface area contributed by atoms with Gasteiger partial charge in [-0.3, -0.25) is 0 Å². The average Bonchev–Trinajstić information content (AvgIpc) is 2.80. The molecule has 0 bridgehead atoms. The first kappa shape index (κ1) is 25.1. The number of hydrogen-bond acceptors (Lipinski definition) is 4. The van der Waals surface area contributed by atoms with E-state index in [9.17, 15) is 5.11 Å². The van der Waals surface area contributed by atoms with Gasteiger partial charge >= 0.3 is 0 Å². The van der Waals surface area contributed by atoms with Crippen LogP contribution in [0.25, 0.3) is 0 Å². The molecule has 0 saturated heterocycles. The second kappa shape index (κ2) is 15.6. The van der Waals surface area contributed by atoms with Gasteiger partial charge in [0.25, 0.3) is 0 Å². The molecule has 0 amide bonds. The minimum Gasteiger partial charge on any atom is -0.497 e. The first-order valence-corrected chi connectivity index (χ1v) is 11.4. The third kappa shape index (κ3) is 11.2. The molecule has 0 fully saturated rings. The minimum atomic E-state index is -0.460. The Morgan fingerprint density at radius 1 is 0.935 bits per heavy atom. The highest BCUT2D eigenvalue weighted by Gasteiger charge is 2.12.